The quantitative estimate of drug-likeness (QED) is 0.534. The third kappa shape index (κ3) is 6.05. The maximum Gasteiger partial charge on any atom is 0.418 e. The summed E-state index contributed by atoms with van der Waals surface area (Å²) in [5.74, 6) is -0.881. The van der Waals surface area contributed by atoms with Crippen molar-refractivity contribution >= 4 is 28.9 Å². The Balaban J connectivity index is 1.53. The van der Waals surface area contributed by atoms with Crippen LogP contribution in [-0.2, 0) is 26.9 Å². The fraction of sp³-hybridized carbons (Fsp3) is 0.190. The van der Waals surface area contributed by atoms with Gasteiger partial charge in [0.1, 0.15) is 10.8 Å². The van der Waals surface area contributed by atoms with E-state index in [2.05, 4.69) is 10.3 Å². The number of rotatable bonds is 7. The molecule has 1 aromatic heterocycles. The normalized spacial score (nSPS) is 11.1. The molecule has 1 N–H and O–H groups in total. The lowest BCUT2D eigenvalue weighted by molar-refractivity contribution is -0.146. The van der Waals surface area contributed by atoms with E-state index < -0.39 is 35.9 Å². The van der Waals surface area contributed by atoms with Gasteiger partial charge in [0.2, 0.25) is 0 Å². The number of anilines is 1. The van der Waals surface area contributed by atoms with Crippen molar-refractivity contribution in [3.8, 4) is 16.3 Å². The van der Waals surface area contributed by atoms with Crippen LogP contribution in [0.3, 0.4) is 0 Å². The monoisotopic (exact) mass is 450 g/mol. The molecule has 31 heavy (non-hydrogen) atoms. The molecule has 0 bridgehead atoms. The van der Waals surface area contributed by atoms with Gasteiger partial charge in [-0.3, -0.25) is 9.59 Å². The third-order valence-corrected chi connectivity index (χ3v) is 5.03. The zero-order valence-electron chi connectivity index (χ0n) is 16.2. The molecule has 0 unspecified atom stereocenters. The third-order valence-electron chi connectivity index (χ3n) is 4.08. The molecular weight excluding hydrogens is 433 g/mol. The van der Waals surface area contributed by atoms with Gasteiger partial charge >= 0.3 is 12.1 Å². The number of methoxy groups -OCH3 is 1. The van der Waals surface area contributed by atoms with Crippen LogP contribution in [0, 0.1) is 0 Å². The number of carbonyl (C=O) groups is 2. The molecule has 0 aliphatic carbocycles. The molecule has 0 fully saturated rings. The maximum atomic E-state index is 13.0. The summed E-state index contributed by atoms with van der Waals surface area (Å²) in [6.45, 7) is -0.708. The van der Waals surface area contributed by atoms with E-state index in [1.807, 2.05) is 12.1 Å². The second-order valence-corrected chi connectivity index (χ2v) is 7.16. The molecule has 0 aliphatic heterocycles. The topological polar surface area (TPSA) is 77.5 Å². The molecule has 6 nitrogen and oxygen atoms in total. The molecule has 1 heterocycles. The Labute approximate surface area is 179 Å². The van der Waals surface area contributed by atoms with E-state index in [-0.39, 0.29) is 6.42 Å². The summed E-state index contributed by atoms with van der Waals surface area (Å²) in [4.78, 5) is 28.3. The zero-order chi connectivity index (χ0) is 22.4. The van der Waals surface area contributed by atoms with Crippen molar-refractivity contribution in [2.24, 2.45) is 0 Å². The van der Waals surface area contributed by atoms with Crippen LogP contribution >= 0.6 is 11.3 Å². The molecule has 0 saturated heterocycles. The van der Waals surface area contributed by atoms with Crippen molar-refractivity contribution in [2.75, 3.05) is 19.0 Å². The molecule has 0 spiro atoms. The van der Waals surface area contributed by atoms with Crippen molar-refractivity contribution in [3.05, 3.63) is 65.2 Å². The zero-order valence-corrected chi connectivity index (χ0v) is 17.0. The van der Waals surface area contributed by atoms with Crippen LogP contribution in [0.2, 0.25) is 0 Å². The summed E-state index contributed by atoms with van der Waals surface area (Å²) in [6.07, 6.45) is -4.79. The Bertz CT molecular complexity index is 1060. The molecule has 1 amide bonds. The Morgan fingerprint density at radius 2 is 1.81 bits per heavy atom. The van der Waals surface area contributed by atoms with Crippen molar-refractivity contribution < 1.29 is 32.2 Å². The van der Waals surface area contributed by atoms with Gasteiger partial charge in [0.15, 0.2) is 6.61 Å². The first-order valence-corrected chi connectivity index (χ1v) is 9.85. The van der Waals surface area contributed by atoms with Gasteiger partial charge in [0, 0.05) is 10.9 Å². The molecule has 0 saturated carbocycles. The molecule has 0 aliphatic rings. The Morgan fingerprint density at radius 1 is 1.10 bits per heavy atom. The number of halogens is 3. The number of benzene rings is 2. The summed E-state index contributed by atoms with van der Waals surface area (Å²) in [6, 6.07) is 11.8. The minimum Gasteiger partial charge on any atom is -0.497 e. The van der Waals surface area contributed by atoms with Crippen molar-refractivity contribution in [1.29, 1.82) is 0 Å². The molecule has 2 aromatic carbocycles. The lowest BCUT2D eigenvalue weighted by atomic mass is 10.1. The van der Waals surface area contributed by atoms with Crippen LogP contribution in [-0.4, -0.2) is 30.6 Å². The van der Waals surface area contributed by atoms with Gasteiger partial charge in [-0.15, -0.1) is 11.3 Å². The number of nitrogens with one attached hydrogen (secondary N) is 1. The van der Waals surface area contributed by atoms with Crippen molar-refractivity contribution in [3.63, 3.8) is 0 Å². The average molecular weight is 450 g/mol. The summed E-state index contributed by atoms with van der Waals surface area (Å²) < 4.78 is 48.9. The molecule has 3 aromatic rings. The number of nitrogens with zero attached hydrogens (tertiary/aromatic N) is 1. The predicted molar refractivity (Wildman–Crippen MR) is 109 cm³/mol. The highest BCUT2D eigenvalue weighted by molar-refractivity contribution is 7.13. The molecule has 10 heteroatoms. The number of esters is 1. The minimum atomic E-state index is -4.62. The molecular formula is C21H17F3N2O4S. The van der Waals surface area contributed by atoms with E-state index in [0.717, 1.165) is 17.7 Å². The number of alkyl halides is 3. The number of hydrogen-bond acceptors (Lipinski definition) is 6. The van der Waals surface area contributed by atoms with Gasteiger partial charge in [-0.25, -0.2) is 4.98 Å². The van der Waals surface area contributed by atoms with E-state index >= 15 is 0 Å². The fourth-order valence-electron chi connectivity index (χ4n) is 2.62. The first-order valence-electron chi connectivity index (χ1n) is 8.97. The van der Waals surface area contributed by atoms with Gasteiger partial charge < -0.3 is 14.8 Å². The highest BCUT2D eigenvalue weighted by atomic mass is 32.1. The number of carbonyl (C=O) groups excluding carboxylic acids is 2. The van der Waals surface area contributed by atoms with E-state index in [1.165, 1.54) is 23.5 Å². The van der Waals surface area contributed by atoms with E-state index in [9.17, 15) is 22.8 Å². The Hall–Kier alpha value is -3.40. The number of ether oxygens (including phenoxy) is 2. The number of thiazole rings is 1. The average Bonchev–Trinajstić information content (AvgIpc) is 3.20. The van der Waals surface area contributed by atoms with Gasteiger partial charge in [-0.05, 0) is 36.4 Å². The van der Waals surface area contributed by atoms with Crippen LogP contribution in [0.25, 0.3) is 10.6 Å². The van der Waals surface area contributed by atoms with Crippen LogP contribution < -0.4 is 10.1 Å². The number of hydrogen-bond donors (Lipinski definition) is 1. The first kappa shape index (κ1) is 22.3. The highest BCUT2D eigenvalue weighted by Crippen LogP contribution is 2.34. The fourth-order valence-corrected chi connectivity index (χ4v) is 3.45. The molecule has 3 rings (SSSR count). The summed E-state index contributed by atoms with van der Waals surface area (Å²) >= 11 is 1.34. The van der Waals surface area contributed by atoms with E-state index in [1.54, 1.807) is 24.6 Å². The number of aromatic nitrogens is 1. The van der Waals surface area contributed by atoms with Gasteiger partial charge in [-0.2, -0.15) is 13.2 Å². The summed E-state index contributed by atoms with van der Waals surface area (Å²) in [5, 5.41) is 4.51. The predicted octanol–water partition coefficient (Wildman–Crippen LogP) is 4.56. The van der Waals surface area contributed by atoms with Gasteiger partial charge in [0.05, 0.1) is 30.5 Å². The smallest absolute Gasteiger partial charge is 0.418 e. The second kappa shape index (κ2) is 9.61. The molecule has 0 radical (unpaired) electrons. The summed E-state index contributed by atoms with van der Waals surface area (Å²) in [7, 11) is 1.57. The van der Waals surface area contributed by atoms with Gasteiger partial charge in [-0.1, -0.05) is 12.1 Å². The largest absolute Gasteiger partial charge is 0.497 e. The summed E-state index contributed by atoms with van der Waals surface area (Å²) in [5.41, 5.74) is -0.0698. The number of para-hydroxylation sites is 1. The van der Waals surface area contributed by atoms with Crippen LogP contribution in [0.4, 0.5) is 18.9 Å². The number of amides is 1. The SMILES string of the molecule is COc1ccc(-c2nc(CC(=O)OCC(=O)Nc3ccccc3C(F)(F)F)cs2)cc1. The first-order chi connectivity index (χ1) is 14.8. The maximum absolute atomic E-state index is 13.0. The highest BCUT2D eigenvalue weighted by Gasteiger charge is 2.33. The van der Waals surface area contributed by atoms with Crippen molar-refractivity contribution in [2.45, 2.75) is 12.6 Å². The van der Waals surface area contributed by atoms with E-state index in [0.29, 0.717) is 16.5 Å². The second-order valence-electron chi connectivity index (χ2n) is 6.30. The molecule has 0 atom stereocenters. The van der Waals surface area contributed by atoms with Crippen molar-refractivity contribution in [1.82, 2.24) is 4.98 Å². The lowest BCUT2D eigenvalue weighted by Gasteiger charge is -2.13. The lowest BCUT2D eigenvalue weighted by Crippen LogP contribution is -2.23. The van der Waals surface area contributed by atoms with Crippen LogP contribution in [0.5, 0.6) is 5.75 Å². The van der Waals surface area contributed by atoms with E-state index in [4.69, 9.17) is 9.47 Å². The standard InChI is InChI=1S/C21H17F3N2O4S/c1-29-15-8-6-13(7-9-15)20-25-14(12-31-20)10-19(28)30-11-18(27)26-17-5-3-2-4-16(17)21(22,23)24/h2-9,12H,10-11H2,1H3,(H,26,27). The Morgan fingerprint density at radius 3 is 2.48 bits per heavy atom. The van der Waals surface area contributed by atoms with Crippen LogP contribution in [0.1, 0.15) is 11.3 Å². The Kier molecular flexibility index (Phi) is 6.91. The minimum absolute atomic E-state index is 0.168. The molecule has 162 valence electrons. The van der Waals surface area contributed by atoms with Gasteiger partial charge in [0.25, 0.3) is 5.91 Å². The van der Waals surface area contributed by atoms with Crippen LogP contribution in [0.15, 0.2) is 53.9 Å².